The molecule has 2 N–H and O–H groups in total. The Bertz CT molecular complexity index is 573. The first-order valence-corrected chi connectivity index (χ1v) is 6.45. The highest BCUT2D eigenvalue weighted by molar-refractivity contribution is 5.34. The molecule has 2 rings (SSSR count). The topological polar surface area (TPSA) is 70.9 Å². The molecule has 102 valence electrons. The Kier molecular flexibility index (Phi) is 4.04. The number of nitrogens with one attached hydrogen (secondary N) is 2. The van der Waals surface area contributed by atoms with E-state index in [1.807, 2.05) is 32.9 Å². The molecule has 0 bridgehead atoms. The molecule has 5 nitrogen and oxygen atoms in total. The summed E-state index contributed by atoms with van der Waals surface area (Å²) in [5.74, 6) is 2.40. The summed E-state index contributed by atoms with van der Waals surface area (Å²) in [6.45, 7) is 6.02. The van der Waals surface area contributed by atoms with Crippen LogP contribution in [0.3, 0.4) is 0 Å². The van der Waals surface area contributed by atoms with Crippen LogP contribution in [0.2, 0.25) is 0 Å². The van der Waals surface area contributed by atoms with Crippen molar-refractivity contribution in [3.8, 4) is 0 Å². The van der Waals surface area contributed by atoms with Gasteiger partial charge in [-0.2, -0.15) is 0 Å². The van der Waals surface area contributed by atoms with Gasteiger partial charge in [-0.1, -0.05) is 13.8 Å². The minimum Gasteiger partial charge on any atom is -0.469 e. The Balaban J connectivity index is 2.08. The molecule has 0 amide bonds. The zero-order valence-corrected chi connectivity index (χ0v) is 11.4. The maximum absolute atomic E-state index is 11.6. The summed E-state index contributed by atoms with van der Waals surface area (Å²) in [5.41, 5.74) is -0.133. The predicted molar refractivity (Wildman–Crippen MR) is 74.4 cm³/mol. The van der Waals surface area contributed by atoms with E-state index in [0.717, 1.165) is 12.2 Å². The van der Waals surface area contributed by atoms with Crippen molar-refractivity contribution < 1.29 is 4.42 Å². The van der Waals surface area contributed by atoms with E-state index in [2.05, 4.69) is 15.3 Å². The van der Waals surface area contributed by atoms with E-state index in [9.17, 15) is 4.79 Å². The lowest BCUT2D eigenvalue weighted by Gasteiger charge is -2.14. The van der Waals surface area contributed by atoms with Crippen LogP contribution in [0.1, 0.15) is 38.3 Å². The third-order valence-electron chi connectivity index (χ3n) is 2.79. The number of aromatic nitrogens is 2. The molecule has 2 aromatic rings. The lowest BCUT2D eigenvalue weighted by molar-refractivity contribution is 0.497. The van der Waals surface area contributed by atoms with Crippen molar-refractivity contribution in [2.75, 3.05) is 5.32 Å². The van der Waals surface area contributed by atoms with E-state index >= 15 is 0 Å². The average Bonchev–Trinajstić information content (AvgIpc) is 2.80. The molecule has 2 aromatic heterocycles. The van der Waals surface area contributed by atoms with Gasteiger partial charge in [0, 0.05) is 24.4 Å². The first kappa shape index (κ1) is 13.4. The molecule has 0 saturated carbocycles. The number of nitrogens with zero attached hydrogens (tertiary/aromatic N) is 1. The fourth-order valence-corrected chi connectivity index (χ4v) is 1.86. The van der Waals surface area contributed by atoms with Crippen LogP contribution < -0.4 is 10.9 Å². The van der Waals surface area contributed by atoms with E-state index in [-0.39, 0.29) is 17.5 Å². The number of hydrogen-bond acceptors (Lipinski definition) is 4. The third-order valence-corrected chi connectivity index (χ3v) is 2.79. The highest BCUT2D eigenvalue weighted by Crippen LogP contribution is 2.11. The summed E-state index contributed by atoms with van der Waals surface area (Å²) in [7, 11) is 0. The van der Waals surface area contributed by atoms with Crippen LogP contribution in [0.5, 0.6) is 0 Å². The summed E-state index contributed by atoms with van der Waals surface area (Å²) in [6.07, 6.45) is 2.41. The first-order valence-electron chi connectivity index (χ1n) is 6.45. The molecule has 1 atom stereocenters. The molecule has 0 aliphatic rings. The van der Waals surface area contributed by atoms with E-state index in [4.69, 9.17) is 4.42 Å². The zero-order valence-electron chi connectivity index (χ0n) is 11.4. The quantitative estimate of drug-likeness (QED) is 0.867. The van der Waals surface area contributed by atoms with Gasteiger partial charge in [-0.3, -0.25) is 4.79 Å². The highest BCUT2D eigenvalue weighted by atomic mass is 16.3. The lowest BCUT2D eigenvalue weighted by atomic mass is 10.2. The largest absolute Gasteiger partial charge is 0.469 e. The van der Waals surface area contributed by atoms with Crippen LogP contribution in [0.4, 0.5) is 5.82 Å². The van der Waals surface area contributed by atoms with Crippen LogP contribution in [-0.4, -0.2) is 16.0 Å². The van der Waals surface area contributed by atoms with Crippen molar-refractivity contribution in [2.24, 2.45) is 0 Å². The molecular weight excluding hydrogens is 242 g/mol. The summed E-state index contributed by atoms with van der Waals surface area (Å²) >= 11 is 0. The molecule has 0 aliphatic heterocycles. The minimum atomic E-state index is -0.133. The van der Waals surface area contributed by atoms with E-state index < -0.39 is 0 Å². The SMILES string of the molecule is CC(Cc1ccco1)Nc1cc(=O)[nH]c(C(C)C)n1. The van der Waals surface area contributed by atoms with Crippen molar-refractivity contribution in [1.29, 1.82) is 0 Å². The summed E-state index contributed by atoms with van der Waals surface area (Å²) in [5, 5.41) is 3.23. The monoisotopic (exact) mass is 261 g/mol. The molecular formula is C14H19N3O2. The normalized spacial score (nSPS) is 12.6. The van der Waals surface area contributed by atoms with Gasteiger partial charge in [0.2, 0.25) is 0 Å². The van der Waals surface area contributed by atoms with Crippen LogP contribution in [0.15, 0.2) is 33.7 Å². The molecule has 0 aromatic carbocycles. The smallest absolute Gasteiger partial charge is 0.252 e. The van der Waals surface area contributed by atoms with Crippen molar-refractivity contribution in [3.05, 3.63) is 46.4 Å². The Hall–Kier alpha value is -2.04. The second-order valence-electron chi connectivity index (χ2n) is 5.00. The number of aromatic amines is 1. The molecule has 19 heavy (non-hydrogen) atoms. The molecule has 1 unspecified atom stereocenters. The van der Waals surface area contributed by atoms with Crippen LogP contribution in [0.25, 0.3) is 0 Å². The second kappa shape index (κ2) is 5.73. The Labute approximate surface area is 112 Å². The Morgan fingerprint density at radius 3 is 2.84 bits per heavy atom. The van der Waals surface area contributed by atoms with Gasteiger partial charge in [-0.05, 0) is 19.1 Å². The fourth-order valence-electron chi connectivity index (χ4n) is 1.86. The standard InChI is InChI=1S/C14H19N3O2/c1-9(2)14-16-12(8-13(18)17-14)15-10(3)7-11-5-4-6-19-11/h4-6,8-10H,7H2,1-3H3,(H2,15,16,17,18). The highest BCUT2D eigenvalue weighted by Gasteiger charge is 2.09. The average molecular weight is 261 g/mol. The molecule has 2 heterocycles. The van der Waals surface area contributed by atoms with Gasteiger partial charge in [-0.15, -0.1) is 0 Å². The van der Waals surface area contributed by atoms with Gasteiger partial charge in [0.05, 0.1) is 6.26 Å². The number of anilines is 1. The zero-order chi connectivity index (χ0) is 13.8. The Morgan fingerprint density at radius 2 is 2.21 bits per heavy atom. The number of hydrogen-bond donors (Lipinski definition) is 2. The van der Waals surface area contributed by atoms with E-state index in [1.165, 1.54) is 6.07 Å². The Morgan fingerprint density at radius 1 is 1.42 bits per heavy atom. The molecule has 0 fully saturated rings. The maximum Gasteiger partial charge on any atom is 0.252 e. The van der Waals surface area contributed by atoms with Gasteiger partial charge in [0.1, 0.15) is 17.4 Å². The maximum atomic E-state index is 11.6. The number of rotatable bonds is 5. The molecule has 0 radical (unpaired) electrons. The van der Waals surface area contributed by atoms with Gasteiger partial charge >= 0.3 is 0 Å². The summed E-state index contributed by atoms with van der Waals surface area (Å²) < 4.78 is 5.30. The summed E-state index contributed by atoms with van der Waals surface area (Å²) in [4.78, 5) is 18.7. The summed E-state index contributed by atoms with van der Waals surface area (Å²) in [6, 6.07) is 5.41. The number of H-pyrrole nitrogens is 1. The van der Waals surface area contributed by atoms with E-state index in [1.54, 1.807) is 6.26 Å². The molecule has 0 saturated heterocycles. The second-order valence-corrected chi connectivity index (χ2v) is 5.00. The fraction of sp³-hybridized carbons (Fsp3) is 0.429. The predicted octanol–water partition coefficient (Wildman–Crippen LogP) is 2.53. The van der Waals surface area contributed by atoms with E-state index in [0.29, 0.717) is 11.6 Å². The third kappa shape index (κ3) is 3.71. The lowest BCUT2D eigenvalue weighted by Crippen LogP contribution is -2.21. The molecule has 0 spiro atoms. The van der Waals surface area contributed by atoms with Crippen LogP contribution in [0, 0.1) is 0 Å². The van der Waals surface area contributed by atoms with Gasteiger partial charge in [-0.25, -0.2) is 4.98 Å². The van der Waals surface area contributed by atoms with Crippen molar-refractivity contribution in [1.82, 2.24) is 9.97 Å². The molecule has 5 heteroatoms. The van der Waals surface area contributed by atoms with Crippen LogP contribution >= 0.6 is 0 Å². The van der Waals surface area contributed by atoms with Crippen LogP contribution in [-0.2, 0) is 6.42 Å². The van der Waals surface area contributed by atoms with Crippen molar-refractivity contribution in [3.63, 3.8) is 0 Å². The minimum absolute atomic E-state index is 0.133. The van der Waals surface area contributed by atoms with Crippen molar-refractivity contribution >= 4 is 5.82 Å². The van der Waals surface area contributed by atoms with Gasteiger partial charge < -0.3 is 14.7 Å². The van der Waals surface area contributed by atoms with Crippen molar-refractivity contribution in [2.45, 2.75) is 39.2 Å². The van der Waals surface area contributed by atoms with Gasteiger partial charge in [0.15, 0.2) is 0 Å². The first-order chi connectivity index (χ1) is 9.04. The molecule has 0 aliphatic carbocycles. The number of furan rings is 1. The van der Waals surface area contributed by atoms with Gasteiger partial charge in [0.25, 0.3) is 5.56 Å².